The maximum atomic E-state index is 12.5. The molecule has 0 saturated heterocycles. The summed E-state index contributed by atoms with van der Waals surface area (Å²) in [5.41, 5.74) is 2.53. The molecule has 0 unspecified atom stereocenters. The van der Waals surface area contributed by atoms with E-state index in [4.69, 9.17) is 0 Å². The van der Waals surface area contributed by atoms with Crippen LogP contribution in [-0.4, -0.2) is 36.0 Å². The molecule has 0 atom stereocenters. The first-order valence-corrected chi connectivity index (χ1v) is 7.01. The molecule has 0 spiro atoms. The van der Waals surface area contributed by atoms with Gasteiger partial charge in [0.25, 0.3) is 0 Å². The highest BCUT2D eigenvalue weighted by Crippen LogP contribution is 2.19. The van der Waals surface area contributed by atoms with Crippen molar-refractivity contribution in [2.75, 3.05) is 13.1 Å². The zero-order chi connectivity index (χ0) is 16.2. The predicted molar refractivity (Wildman–Crippen MR) is 77.6 cm³/mol. The molecule has 1 aromatic carbocycles. The lowest BCUT2D eigenvalue weighted by Gasteiger charge is -2.27. The van der Waals surface area contributed by atoms with Gasteiger partial charge in [-0.15, -0.1) is 0 Å². The lowest BCUT2D eigenvalue weighted by molar-refractivity contribution is -0.149. The molecule has 0 heterocycles. The van der Waals surface area contributed by atoms with Gasteiger partial charge in [0.15, 0.2) is 5.78 Å². The molecule has 118 valence electrons. The third-order valence-corrected chi connectivity index (χ3v) is 3.28. The van der Waals surface area contributed by atoms with Crippen LogP contribution in [-0.2, 0) is 0 Å². The first kappa shape index (κ1) is 17.7. The van der Waals surface area contributed by atoms with Crippen LogP contribution in [0.25, 0.3) is 0 Å². The highest BCUT2D eigenvalue weighted by molar-refractivity contribution is 5.96. The van der Waals surface area contributed by atoms with Crippen LogP contribution in [0.5, 0.6) is 0 Å². The number of alkyl halides is 3. The number of nitrogens with zero attached hydrogens (tertiary/aromatic N) is 1. The molecule has 0 saturated carbocycles. The second-order valence-electron chi connectivity index (χ2n) is 5.73. The van der Waals surface area contributed by atoms with Gasteiger partial charge in [0.2, 0.25) is 0 Å². The standard InChI is InChI=1S/C16H22F3NO/c1-11(2)20(10-16(17,18)19)6-5-15(21)14-8-12(3)7-13(4)9-14/h7-9,11H,5-6,10H2,1-4H3. The van der Waals surface area contributed by atoms with Gasteiger partial charge in [-0.25, -0.2) is 0 Å². The SMILES string of the molecule is Cc1cc(C)cc(C(=O)CCN(CC(F)(F)F)C(C)C)c1. The van der Waals surface area contributed by atoms with E-state index in [-0.39, 0.29) is 24.8 Å². The van der Waals surface area contributed by atoms with Crippen molar-refractivity contribution in [3.8, 4) is 0 Å². The summed E-state index contributed by atoms with van der Waals surface area (Å²) in [5, 5.41) is 0. The molecular weight excluding hydrogens is 279 g/mol. The van der Waals surface area contributed by atoms with Crippen molar-refractivity contribution < 1.29 is 18.0 Å². The lowest BCUT2D eigenvalue weighted by Crippen LogP contribution is -2.40. The fraction of sp³-hybridized carbons (Fsp3) is 0.562. The summed E-state index contributed by atoms with van der Waals surface area (Å²) in [5.74, 6) is -0.116. The fourth-order valence-electron chi connectivity index (χ4n) is 2.28. The highest BCUT2D eigenvalue weighted by atomic mass is 19.4. The van der Waals surface area contributed by atoms with Crippen LogP contribution in [0.2, 0.25) is 0 Å². The van der Waals surface area contributed by atoms with Gasteiger partial charge in [0.05, 0.1) is 6.54 Å². The number of carbonyl (C=O) groups is 1. The Morgan fingerprint density at radius 3 is 2.10 bits per heavy atom. The number of benzene rings is 1. The number of aryl methyl sites for hydroxylation is 2. The van der Waals surface area contributed by atoms with Crippen LogP contribution in [0.3, 0.4) is 0 Å². The minimum atomic E-state index is -4.24. The Balaban J connectivity index is 2.69. The molecule has 1 aromatic rings. The van der Waals surface area contributed by atoms with Crippen molar-refractivity contribution in [3.05, 3.63) is 34.9 Å². The molecular formula is C16H22F3NO. The van der Waals surface area contributed by atoms with E-state index in [0.29, 0.717) is 5.56 Å². The predicted octanol–water partition coefficient (Wildman–Crippen LogP) is 4.15. The molecule has 0 N–H and O–H groups in total. The molecule has 0 fully saturated rings. The summed E-state index contributed by atoms with van der Waals surface area (Å²) in [6, 6.07) is 5.26. The van der Waals surface area contributed by atoms with E-state index in [2.05, 4.69) is 0 Å². The Bertz CT molecular complexity index is 475. The van der Waals surface area contributed by atoms with Gasteiger partial charge in [-0.05, 0) is 39.8 Å². The zero-order valence-electron chi connectivity index (χ0n) is 12.9. The number of Topliss-reactive ketones (excluding diaryl/α,β-unsaturated/α-hetero) is 1. The van der Waals surface area contributed by atoms with Crippen LogP contribution < -0.4 is 0 Å². The molecule has 5 heteroatoms. The van der Waals surface area contributed by atoms with E-state index in [0.717, 1.165) is 11.1 Å². The molecule has 0 bridgehead atoms. The number of halogens is 3. The molecule has 0 aliphatic rings. The van der Waals surface area contributed by atoms with Gasteiger partial charge in [0, 0.05) is 24.6 Å². The van der Waals surface area contributed by atoms with E-state index >= 15 is 0 Å². The first-order chi connectivity index (χ1) is 9.58. The monoisotopic (exact) mass is 301 g/mol. The van der Waals surface area contributed by atoms with Gasteiger partial charge in [-0.1, -0.05) is 17.2 Å². The van der Waals surface area contributed by atoms with Crippen LogP contribution in [0, 0.1) is 13.8 Å². The molecule has 0 amide bonds. The molecule has 2 nitrogen and oxygen atoms in total. The van der Waals surface area contributed by atoms with Crippen molar-refractivity contribution in [2.45, 2.75) is 46.3 Å². The van der Waals surface area contributed by atoms with Crippen LogP contribution in [0.15, 0.2) is 18.2 Å². The van der Waals surface area contributed by atoms with E-state index in [1.807, 2.05) is 19.9 Å². The number of hydrogen-bond donors (Lipinski definition) is 0. The maximum absolute atomic E-state index is 12.5. The van der Waals surface area contributed by atoms with Crippen molar-refractivity contribution in [2.24, 2.45) is 0 Å². The number of rotatable bonds is 6. The van der Waals surface area contributed by atoms with Gasteiger partial charge in [-0.2, -0.15) is 13.2 Å². The minimum Gasteiger partial charge on any atom is -0.294 e. The normalized spacial score (nSPS) is 12.2. The fourth-order valence-corrected chi connectivity index (χ4v) is 2.28. The quantitative estimate of drug-likeness (QED) is 0.736. The lowest BCUT2D eigenvalue weighted by atomic mass is 10.0. The molecule has 0 aliphatic heterocycles. The summed E-state index contributed by atoms with van der Waals surface area (Å²) in [4.78, 5) is 13.4. The Kier molecular flexibility index (Phi) is 5.96. The zero-order valence-corrected chi connectivity index (χ0v) is 12.9. The first-order valence-electron chi connectivity index (χ1n) is 7.01. The topological polar surface area (TPSA) is 20.3 Å². The third kappa shape index (κ3) is 6.29. The summed E-state index contributed by atoms with van der Waals surface area (Å²) < 4.78 is 37.5. The molecule has 21 heavy (non-hydrogen) atoms. The van der Waals surface area contributed by atoms with Gasteiger partial charge >= 0.3 is 6.18 Å². The summed E-state index contributed by atoms with van der Waals surface area (Å²) >= 11 is 0. The second kappa shape index (κ2) is 7.07. The van der Waals surface area contributed by atoms with Crippen LogP contribution in [0.1, 0.15) is 41.8 Å². The third-order valence-electron chi connectivity index (χ3n) is 3.28. The average Bonchev–Trinajstić information content (AvgIpc) is 2.31. The number of hydrogen-bond acceptors (Lipinski definition) is 2. The Morgan fingerprint density at radius 2 is 1.67 bits per heavy atom. The number of ketones is 1. The average molecular weight is 301 g/mol. The van der Waals surface area contributed by atoms with E-state index < -0.39 is 12.7 Å². The van der Waals surface area contributed by atoms with E-state index in [1.165, 1.54) is 4.90 Å². The van der Waals surface area contributed by atoms with Gasteiger partial charge < -0.3 is 0 Å². The van der Waals surface area contributed by atoms with Crippen LogP contribution in [0.4, 0.5) is 13.2 Å². The summed E-state index contributed by atoms with van der Waals surface area (Å²) in [7, 11) is 0. The Labute approximate surface area is 123 Å². The van der Waals surface area contributed by atoms with Crippen molar-refractivity contribution >= 4 is 5.78 Å². The van der Waals surface area contributed by atoms with Crippen molar-refractivity contribution in [1.29, 1.82) is 0 Å². The molecule has 0 aromatic heterocycles. The maximum Gasteiger partial charge on any atom is 0.401 e. The van der Waals surface area contributed by atoms with E-state index in [1.54, 1.807) is 26.0 Å². The largest absolute Gasteiger partial charge is 0.401 e. The second-order valence-corrected chi connectivity index (χ2v) is 5.73. The Morgan fingerprint density at radius 1 is 1.14 bits per heavy atom. The smallest absolute Gasteiger partial charge is 0.294 e. The summed E-state index contributed by atoms with van der Waals surface area (Å²) in [6.07, 6.45) is -4.15. The van der Waals surface area contributed by atoms with Crippen molar-refractivity contribution in [3.63, 3.8) is 0 Å². The highest BCUT2D eigenvalue weighted by Gasteiger charge is 2.31. The van der Waals surface area contributed by atoms with Crippen LogP contribution >= 0.6 is 0 Å². The van der Waals surface area contributed by atoms with E-state index in [9.17, 15) is 18.0 Å². The number of carbonyl (C=O) groups excluding carboxylic acids is 1. The molecule has 1 rings (SSSR count). The minimum absolute atomic E-state index is 0.0944. The molecule has 0 aliphatic carbocycles. The summed E-state index contributed by atoms with van der Waals surface area (Å²) in [6.45, 7) is 6.33. The van der Waals surface area contributed by atoms with Crippen molar-refractivity contribution in [1.82, 2.24) is 4.90 Å². The Hall–Kier alpha value is -1.36. The van der Waals surface area contributed by atoms with Gasteiger partial charge in [0.1, 0.15) is 0 Å². The molecule has 0 radical (unpaired) electrons. The van der Waals surface area contributed by atoms with Gasteiger partial charge in [-0.3, -0.25) is 9.69 Å².